The number of hydrogen-bond acceptors (Lipinski definition) is 4. The molecule has 0 spiro atoms. The molecule has 5 nitrogen and oxygen atoms in total. The first-order chi connectivity index (χ1) is 13.6. The van der Waals surface area contributed by atoms with Gasteiger partial charge in [-0.1, -0.05) is 54.1 Å². The molecule has 2 aliphatic heterocycles. The van der Waals surface area contributed by atoms with Gasteiger partial charge in [-0.15, -0.1) is 0 Å². The van der Waals surface area contributed by atoms with E-state index in [0.29, 0.717) is 6.67 Å². The number of benzene rings is 2. The number of imide groups is 1. The summed E-state index contributed by atoms with van der Waals surface area (Å²) in [5.41, 5.74) is 2.17. The fraction of sp³-hybridized carbons (Fsp3) is 0.364. The van der Waals surface area contributed by atoms with E-state index < -0.39 is 0 Å². The van der Waals surface area contributed by atoms with Crippen LogP contribution in [0.2, 0.25) is 5.02 Å². The highest BCUT2D eigenvalue weighted by atomic mass is 35.5. The highest BCUT2D eigenvalue weighted by molar-refractivity contribution is 6.30. The third-order valence-electron chi connectivity index (χ3n) is 5.57. The lowest BCUT2D eigenvalue weighted by atomic mass is 9.98. The van der Waals surface area contributed by atoms with Crippen LogP contribution in [0.1, 0.15) is 23.5 Å². The van der Waals surface area contributed by atoms with Gasteiger partial charge in [-0.05, 0) is 23.3 Å². The predicted octanol–water partition coefficient (Wildman–Crippen LogP) is 2.96. The summed E-state index contributed by atoms with van der Waals surface area (Å²) >= 11 is 5.95. The van der Waals surface area contributed by atoms with Gasteiger partial charge >= 0.3 is 0 Å². The lowest BCUT2D eigenvalue weighted by molar-refractivity contribution is -0.141. The normalized spacial score (nSPS) is 21.5. The number of carbonyl (C=O) groups excluding carboxylic acids is 2. The number of carbonyl (C=O) groups is 2. The Kier molecular flexibility index (Phi) is 5.76. The largest absolute Gasteiger partial charge is 0.297 e. The highest BCUT2D eigenvalue weighted by Crippen LogP contribution is 2.29. The Morgan fingerprint density at radius 3 is 2.18 bits per heavy atom. The zero-order valence-electron chi connectivity index (χ0n) is 15.8. The monoisotopic (exact) mass is 397 g/mol. The lowest BCUT2D eigenvalue weighted by Gasteiger charge is -2.36. The molecular formula is C22H24ClN3O2. The molecule has 2 heterocycles. The summed E-state index contributed by atoms with van der Waals surface area (Å²) in [6.45, 7) is 4.82. The number of piperazine rings is 1. The van der Waals surface area contributed by atoms with Crippen molar-refractivity contribution >= 4 is 23.4 Å². The second-order valence-corrected chi connectivity index (χ2v) is 7.93. The molecule has 2 amide bonds. The van der Waals surface area contributed by atoms with Gasteiger partial charge in [0, 0.05) is 44.2 Å². The van der Waals surface area contributed by atoms with Crippen LogP contribution in [0.15, 0.2) is 54.6 Å². The van der Waals surface area contributed by atoms with Gasteiger partial charge in [0.05, 0.1) is 12.6 Å². The molecule has 2 aliphatic rings. The average Bonchev–Trinajstić information content (AvgIpc) is 3.00. The van der Waals surface area contributed by atoms with Crippen LogP contribution in [-0.2, 0) is 16.1 Å². The number of halogens is 1. The fourth-order valence-electron chi connectivity index (χ4n) is 3.91. The van der Waals surface area contributed by atoms with Gasteiger partial charge in [0.1, 0.15) is 0 Å². The van der Waals surface area contributed by atoms with Crippen molar-refractivity contribution in [2.45, 2.75) is 18.9 Å². The minimum atomic E-state index is -0.333. The molecule has 4 rings (SSSR count). The van der Waals surface area contributed by atoms with Crippen molar-refractivity contribution < 1.29 is 9.59 Å². The molecular weight excluding hydrogens is 374 g/mol. The van der Waals surface area contributed by atoms with Crippen molar-refractivity contribution in [2.75, 3.05) is 32.8 Å². The van der Waals surface area contributed by atoms with E-state index in [9.17, 15) is 9.59 Å². The van der Waals surface area contributed by atoms with Gasteiger partial charge < -0.3 is 0 Å². The van der Waals surface area contributed by atoms with Gasteiger partial charge in [-0.3, -0.25) is 24.3 Å². The summed E-state index contributed by atoms with van der Waals surface area (Å²) in [6.07, 6.45) is 0.277. The zero-order chi connectivity index (χ0) is 19.5. The van der Waals surface area contributed by atoms with Crippen LogP contribution in [0.3, 0.4) is 0 Å². The van der Waals surface area contributed by atoms with Crippen LogP contribution in [0.5, 0.6) is 0 Å². The summed E-state index contributed by atoms with van der Waals surface area (Å²) in [6, 6.07) is 17.5. The smallest absolute Gasteiger partial charge is 0.238 e. The molecule has 2 aromatic rings. The molecule has 28 heavy (non-hydrogen) atoms. The zero-order valence-corrected chi connectivity index (χ0v) is 16.5. The van der Waals surface area contributed by atoms with Gasteiger partial charge in [-0.2, -0.15) is 0 Å². The third kappa shape index (κ3) is 4.27. The first-order valence-corrected chi connectivity index (χ1v) is 10.1. The van der Waals surface area contributed by atoms with Crippen LogP contribution in [0, 0.1) is 0 Å². The summed E-state index contributed by atoms with van der Waals surface area (Å²) in [5.74, 6) is -0.470. The fourth-order valence-corrected chi connectivity index (χ4v) is 4.04. The Hall–Kier alpha value is -2.21. The molecule has 0 aliphatic carbocycles. The van der Waals surface area contributed by atoms with E-state index in [0.717, 1.165) is 43.3 Å². The first-order valence-electron chi connectivity index (χ1n) is 9.68. The maximum absolute atomic E-state index is 12.8. The van der Waals surface area contributed by atoms with E-state index in [1.165, 1.54) is 10.5 Å². The van der Waals surface area contributed by atoms with Crippen molar-refractivity contribution in [1.29, 1.82) is 0 Å². The number of likely N-dealkylation sites (tertiary alicyclic amines) is 1. The van der Waals surface area contributed by atoms with Crippen LogP contribution in [0.25, 0.3) is 0 Å². The van der Waals surface area contributed by atoms with E-state index in [-0.39, 0.29) is 24.2 Å². The maximum Gasteiger partial charge on any atom is 0.238 e. The number of nitrogens with zero attached hydrogens (tertiary/aromatic N) is 3. The van der Waals surface area contributed by atoms with E-state index >= 15 is 0 Å². The van der Waals surface area contributed by atoms with Crippen LogP contribution >= 0.6 is 11.6 Å². The molecule has 2 aromatic carbocycles. The molecule has 0 saturated carbocycles. The molecule has 0 radical (unpaired) electrons. The molecule has 6 heteroatoms. The number of amides is 2. The molecule has 2 fully saturated rings. The predicted molar refractivity (Wildman–Crippen MR) is 109 cm³/mol. The second kappa shape index (κ2) is 8.43. The molecule has 0 N–H and O–H groups in total. The first kappa shape index (κ1) is 19.1. The van der Waals surface area contributed by atoms with Crippen LogP contribution in [-0.4, -0.2) is 59.4 Å². The minimum absolute atomic E-state index is 0.0672. The summed E-state index contributed by atoms with van der Waals surface area (Å²) in [7, 11) is 0. The van der Waals surface area contributed by atoms with E-state index in [1.807, 2.05) is 42.5 Å². The van der Waals surface area contributed by atoms with Gasteiger partial charge in [0.15, 0.2) is 0 Å². The van der Waals surface area contributed by atoms with Gasteiger partial charge in [0.2, 0.25) is 11.8 Å². The molecule has 0 aromatic heterocycles. The van der Waals surface area contributed by atoms with Crippen LogP contribution in [0.4, 0.5) is 0 Å². The second-order valence-electron chi connectivity index (χ2n) is 7.49. The Labute approximate surface area is 170 Å². The van der Waals surface area contributed by atoms with Crippen molar-refractivity contribution in [3.63, 3.8) is 0 Å². The summed E-state index contributed by atoms with van der Waals surface area (Å²) in [4.78, 5) is 31.2. The highest BCUT2D eigenvalue weighted by Gasteiger charge is 2.40. The molecule has 0 bridgehead atoms. The minimum Gasteiger partial charge on any atom is -0.297 e. The quantitative estimate of drug-likeness (QED) is 0.727. The van der Waals surface area contributed by atoms with Crippen molar-refractivity contribution in [1.82, 2.24) is 14.7 Å². The maximum atomic E-state index is 12.8. The van der Waals surface area contributed by atoms with E-state index in [1.54, 1.807) is 0 Å². The molecule has 2 saturated heterocycles. The van der Waals surface area contributed by atoms with Crippen molar-refractivity contribution in [3.05, 3.63) is 70.7 Å². The average molecular weight is 398 g/mol. The SMILES string of the molecule is O=C1C[C@H](c2ccccc2)C(=O)N1CN1CCN(Cc2ccc(Cl)cc2)CC1. The van der Waals surface area contributed by atoms with Gasteiger partial charge in [0.25, 0.3) is 0 Å². The number of hydrogen-bond donors (Lipinski definition) is 0. The Morgan fingerprint density at radius 2 is 1.50 bits per heavy atom. The molecule has 0 unspecified atom stereocenters. The van der Waals surface area contributed by atoms with Crippen molar-refractivity contribution in [3.8, 4) is 0 Å². The third-order valence-corrected chi connectivity index (χ3v) is 5.82. The summed E-state index contributed by atoms with van der Waals surface area (Å²) in [5, 5.41) is 0.752. The van der Waals surface area contributed by atoms with E-state index in [4.69, 9.17) is 11.6 Å². The Balaban J connectivity index is 1.30. The lowest BCUT2D eigenvalue weighted by Crippen LogP contribution is -2.50. The topological polar surface area (TPSA) is 43.9 Å². The standard InChI is InChI=1S/C22H24ClN3O2/c23-19-8-6-17(7-9-19)15-24-10-12-25(13-11-24)16-26-21(27)14-20(22(26)28)18-4-2-1-3-5-18/h1-9,20H,10-16H2/t20-/m1/s1. The number of rotatable bonds is 5. The Bertz CT molecular complexity index is 833. The molecule has 146 valence electrons. The van der Waals surface area contributed by atoms with Gasteiger partial charge in [-0.25, -0.2) is 0 Å². The van der Waals surface area contributed by atoms with E-state index in [2.05, 4.69) is 21.9 Å². The van der Waals surface area contributed by atoms with Crippen molar-refractivity contribution in [2.24, 2.45) is 0 Å². The molecule has 1 atom stereocenters. The Morgan fingerprint density at radius 1 is 0.857 bits per heavy atom. The summed E-state index contributed by atoms with van der Waals surface area (Å²) < 4.78 is 0. The van der Waals surface area contributed by atoms with Crippen LogP contribution < -0.4 is 0 Å².